The molecule has 0 amide bonds. The number of rotatable bonds is 7. The molecule has 1 aliphatic carbocycles. The molecule has 0 atom stereocenters. The summed E-state index contributed by atoms with van der Waals surface area (Å²) in [6, 6.07) is 20.3. The number of aryl methyl sites for hydroxylation is 1. The van der Waals surface area contributed by atoms with E-state index in [0.717, 1.165) is 42.1 Å². The van der Waals surface area contributed by atoms with Crippen molar-refractivity contribution in [3.63, 3.8) is 0 Å². The Morgan fingerprint density at radius 1 is 0.941 bits per heavy atom. The molecule has 5 nitrogen and oxygen atoms in total. The molecule has 2 heterocycles. The van der Waals surface area contributed by atoms with Crippen LogP contribution in [0.4, 0.5) is 11.8 Å². The Morgan fingerprint density at radius 3 is 2.44 bits per heavy atom. The normalized spacial score (nSPS) is 18.2. The molecule has 2 aromatic heterocycles. The van der Waals surface area contributed by atoms with E-state index in [1.54, 1.807) is 0 Å². The summed E-state index contributed by atoms with van der Waals surface area (Å²) >= 11 is 1.83. The van der Waals surface area contributed by atoms with Gasteiger partial charge in [0.25, 0.3) is 0 Å². The molecule has 176 valence electrons. The van der Waals surface area contributed by atoms with E-state index in [9.17, 15) is 0 Å². The number of aromatic nitrogens is 2. The molecule has 0 radical (unpaired) electrons. The molecule has 34 heavy (non-hydrogen) atoms. The van der Waals surface area contributed by atoms with Crippen LogP contribution in [0.15, 0.2) is 60.0 Å². The Labute approximate surface area is 206 Å². The highest BCUT2D eigenvalue weighted by Crippen LogP contribution is 2.29. The van der Waals surface area contributed by atoms with Crippen molar-refractivity contribution in [3.05, 3.63) is 71.1 Å². The van der Waals surface area contributed by atoms with Crippen LogP contribution in [0.1, 0.15) is 36.8 Å². The Bertz CT molecular complexity index is 1240. The Kier molecular flexibility index (Phi) is 6.79. The van der Waals surface area contributed by atoms with E-state index >= 15 is 0 Å². The molecular formula is C28H33N5S. The van der Waals surface area contributed by atoms with Gasteiger partial charge in [0, 0.05) is 43.0 Å². The molecule has 0 bridgehead atoms. The Balaban J connectivity index is 1.14. The van der Waals surface area contributed by atoms with Crippen LogP contribution in [-0.2, 0) is 6.54 Å². The molecule has 0 unspecified atom stereocenters. The minimum atomic E-state index is 0.420. The zero-order chi connectivity index (χ0) is 23.5. The number of thiophene rings is 1. The van der Waals surface area contributed by atoms with Gasteiger partial charge in [0.1, 0.15) is 5.82 Å². The third-order valence-corrected chi connectivity index (χ3v) is 7.68. The standard InChI is InChI=1S/C28H33N5S/c1-19-8-10-21(11-9-19)26-16-20(18-34-26)17-29-22-12-14-23(15-13-22)30-28-31-25-7-5-4-6-24(25)27(32-28)33(2)3/h4-11,16,18,22-23,29H,12-15,17H2,1-3H3,(H,30,31,32)/t22-,23+. The van der Waals surface area contributed by atoms with E-state index in [1.165, 1.54) is 34.4 Å². The van der Waals surface area contributed by atoms with Gasteiger partial charge in [-0.05, 0) is 67.3 Å². The zero-order valence-corrected chi connectivity index (χ0v) is 21.0. The van der Waals surface area contributed by atoms with Crippen LogP contribution in [0, 0.1) is 6.92 Å². The summed E-state index contributed by atoms with van der Waals surface area (Å²) in [7, 11) is 4.07. The maximum atomic E-state index is 4.81. The summed E-state index contributed by atoms with van der Waals surface area (Å²) in [6.45, 7) is 3.07. The van der Waals surface area contributed by atoms with Gasteiger partial charge in [-0.2, -0.15) is 4.98 Å². The third-order valence-electron chi connectivity index (χ3n) is 6.65. The molecule has 0 aliphatic heterocycles. The van der Waals surface area contributed by atoms with Crippen LogP contribution in [0.5, 0.6) is 0 Å². The topological polar surface area (TPSA) is 53.1 Å². The first-order chi connectivity index (χ1) is 16.5. The molecule has 1 fully saturated rings. The van der Waals surface area contributed by atoms with E-state index in [-0.39, 0.29) is 0 Å². The van der Waals surface area contributed by atoms with Crippen molar-refractivity contribution in [1.29, 1.82) is 0 Å². The molecule has 0 saturated heterocycles. The lowest BCUT2D eigenvalue weighted by molar-refractivity contribution is 0.352. The van der Waals surface area contributed by atoms with Gasteiger partial charge in [-0.15, -0.1) is 11.3 Å². The first kappa shape index (κ1) is 22.8. The molecule has 5 rings (SSSR count). The quantitative estimate of drug-likeness (QED) is 0.334. The lowest BCUT2D eigenvalue weighted by Crippen LogP contribution is -2.36. The number of hydrogen-bond donors (Lipinski definition) is 2. The second-order valence-electron chi connectivity index (χ2n) is 9.54. The first-order valence-corrected chi connectivity index (χ1v) is 13.0. The molecular weight excluding hydrogens is 438 g/mol. The van der Waals surface area contributed by atoms with Gasteiger partial charge in [-0.1, -0.05) is 42.0 Å². The molecule has 2 aromatic carbocycles. The minimum absolute atomic E-state index is 0.420. The van der Waals surface area contributed by atoms with E-state index in [1.807, 2.05) is 37.6 Å². The number of nitrogens with zero attached hydrogens (tertiary/aromatic N) is 3. The molecule has 1 aliphatic rings. The van der Waals surface area contributed by atoms with Crippen molar-refractivity contribution in [1.82, 2.24) is 15.3 Å². The van der Waals surface area contributed by atoms with Gasteiger partial charge in [-0.3, -0.25) is 0 Å². The average molecular weight is 472 g/mol. The number of fused-ring (bicyclic) bond motifs is 1. The fourth-order valence-corrected chi connectivity index (χ4v) is 5.61. The van der Waals surface area contributed by atoms with Gasteiger partial charge in [0.15, 0.2) is 0 Å². The summed E-state index contributed by atoms with van der Waals surface area (Å²) in [5.74, 6) is 1.70. The van der Waals surface area contributed by atoms with Crippen LogP contribution in [-0.4, -0.2) is 36.1 Å². The van der Waals surface area contributed by atoms with E-state index in [0.29, 0.717) is 12.1 Å². The number of anilines is 2. The van der Waals surface area contributed by atoms with E-state index < -0.39 is 0 Å². The highest BCUT2D eigenvalue weighted by molar-refractivity contribution is 7.13. The summed E-state index contributed by atoms with van der Waals surface area (Å²) in [5.41, 5.74) is 4.97. The zero-order valence-electron chi connectivity index (χ0n) is 20.2. The number of nitrogens with one attached hydrogen (secondary N) is 2. The molecule has 0 spiro atoms. The molecule has 6 heteroatoms. The lowest BCUT2D eigenvalue weighted by atomic mass is 9.91. The van der Waals surface area contributed by atoms with Crippen LogP contribution < -0.4 is 15.5 Å². The van der Waals surface area contributed by atoms with E-state index in [2.05, 4.69) is 70.3 Å². The summed E-state index contributed by atoms with van der Waals surface area (Å²) in [5, 5.41) is 10.8. The van der Waals surface area contributed by atoms with Crippen LogP contribution in [0.3, 0.4) is 0 Å². The summed E-state index contributed by atoms with van der Waals surface area (Å²) in [4.78, 5) is 13.0. The summed E-state index contributed by atoms with van der Waals surface area (Å²) in [6.07, 6.45) is 4.59. The van der Waals surface area contributed by atoms with Gasteiger partial charge in [0.2, 0.25) is 5.95 Å². The number of para-hydroxylation sites is 1. The molecule has 2 N–H and O–H groups in total. The number of benzene rings is 2. The van der Waals surface area contributed by atoms with Crippen LogP contribution in [0.2, 0.25) is 0 Å². The maximum absolute atomic E-state index is 4.81. The first-order valence-electron chi connectivity index (χ1n) is 12.1. The highest BCUT2D eigenvalue weighted by atomic mass is 32.1. The van der Waals surface area contributed by atoms with Crippen molar-refractivity contribution in [2.45, 2.75) is 51.2 Å². The summed E-state index contributed by atoms with van der Waals surface area (Å²) < 4.78 is 0. The molecule has 1 saturated carbocycles. The van der Waals surface area contributed by atoms with Crippen molar-refractivity contribution < 1.29 is 0 Å². The van der Waals surface area contributed by atoms with Crippen molar-refractivity contribution in [2.24, 2.45) is 0 Å². The Hall–Kier alpha value is -2.96. The fourth-order valence-electron chi connectivity index (χ4n) is 4.69. The second-order valence-corrected chi connectivity index (χ2v) is 10.5. The van der Waals surface area contributed by atoms with E-state index in [4.69, 9.17) is 9.97 Å². The van der Waals surface area contributed by atoms with Gasteiger partial charge in [-0.25, -0.2) is 4.98 Å². The largest absolute Gasteiger partial charge is 0.362 e. The smallest absolute Gasteiger partial charge is 0.225 e. The van der Waals surface area contributed by atoms with Crippen molar-refractivity contribution in [2.75, 3.05) is 24.3 Å². The van der Waals surface area contributed by atoms with Gasteiger partial charge in [0.05, 0.1) is 5.52 Å². The maximum Gasteiger partial charge on any atom is 0.225 e. The van der Waals surface area contributed by atoms with Crippen molar-refractivity contribution >= 4 is 34.0 Å². The van der Waals surface area contributed by atoms with Crippen LogP contribution >= 0.6 is 11.3 Å². The fraction of sp³-hybridized carbons (Fsp3) is 0.357. The van der Waals surface area contributed by atoms with Crippen LogP contribution in [0.25, 0.3) is 21.3 Å². The Morgan fingerprint density at radius 2 is 1.68 bits per heavy atom. The second kappa shape index (κ2) is 10.1. The third kappa shape index (κ3) is 5.24. The lowest BCUT2D eigenvalue weighted by Gasteiger charge is -2.30. The predicted octanol–water partition coefficient (Wildman–Crippen LogP) is 6.25. The SMILES string of the molecule is Cc1ccc(-c2cc(CN[C@H]3CC[C@@H](Nc4nc(N(C)C)c5ccccc5n4)CC3)cs2)cc1. The highest BCUT2D eigenvalue weighted by Gasteiger charge is 2.22. The predicted molar refractivity (Wildman–Crippen MR) is 145 cm³/mol. The number of hydrogen-bond acceptors (Lipinski definition) is 6. The average Bonchev–Trinajstić information content (AvgIpc) is 3.32. The minimum Gasteiger partial charge on any atom is -0.362 e. The monoisotopic (exact) mass is 471 g/mol. The van der Waals surface area contributed by atoms with Gasteiger partial charge < -0.3 is 15.5 Å². The molecule has 4 aromatic rings. The van der Waals surface area contributed by atoms with Crippen molar-refractivity contribution in [3.8, 4) is 10.4 Å². The van der Waals surface area contributed by atoms with Gasteiger partial charge >= 0.3 is 0 Å².